The normalized spacial score (nSPS) is 16.2. The molecule has 0 fully saturated rings. The highest BCUT2D eigenvalue weighted by Gasteiger charge is 2.34. The monoisotopic (exact) mass is 667 g/mol. The van der Waals surface area contributed by atoms with E-state index in [0.717, 1.165) is 66.1 Å². The molecule has 0 spiro atoms. The number of fused-ring (bicyclic) bond motifs is 12. The second kappa shape index (κ2) is 10.4. The Hall–Kier alpha value is -6.78. The maximum Gasteiger partial charge on any atom is 0.135 e. The van der Waals surface area contributed by atoms with Crippen LogP contribution in [0, 0.1) is 0 Å². The van der Waals surface area contributed by atoms with Gasteiger partial charge in [0.05, 0.1) is 11.0 Å². The molecule has 1 aliphatic heterocycles. The average Bonchev–Trinajstić information content (AvgIpc) is 3.95. The molecule has 2 atom stereocenters. The molecule has 12 rings (SSSR count). The molecule has 0 saturated heterocycles. The number of para-hydroxylation sites is 2. The fourth-order valence-electron chi connectivity index (χ4n) is 8.67. The minimum Gasteiger partial charge on any atom is -0.485 e. The van der Waals surface area contributed by atoms with E-state index in [9.17, 15) is 0 Å². The molecule has 10 aromatic rings. The molecule has 4 heteroatoms. The quantitative estimate of drug-likeness (QED) is 0.188. The molecule has 0 N–H and O–H groups in total. The van der Waals surface area contributed by atoms with Crippen molar-refractivity contribution in [3.05, 3.63) is 168 Å². The summed E-state index contributed by atoms with van der Waals surface area (Å²) in [5.41, 5.74) is 12.9. The number of hydrogen-bond donors (Lipinski definition) is 0. The highest BCUT2D eigenvalue weighted by molar-refractivity contribution is 6.09. The van der Waals surface area contributed by atoms with Crippen molar-refractivity contribution in [3.8, 4) is 33.7 Å². The van der Waals surface area contributed by atoms with Gasteiger partial charge in [0.2, 0.25) is 0 Å². The van der Waals surface area contributed by atoms with Gasteiger partial charge in [-0.05, 0) is 89.0 Å². The second-order valence-corrected chi connectivity index (χ2v) is 14.0. The number of benzene rings is 7. The van der Waals surface area contributed by atoms with Gasteiger partial charge in [-0.3, -0.25) is 0 Å². The molecule has 0 amide bonds. The molecule has 4 nitrogen and oxygen atoms in total. The minimum atomic E-state index is -0.117. The lowest BCUT2D eigenvalue weighted by atomic mass is 9.90. The second-order valence-electron chi connectivity index (χ2n) is 14.0. The van der Waals surface area contributed by atoms with Crippen LogP contribution in [-0.4, -0.2) is 10.7 Å². The van der Waals surface area contributed by atoms with E-state index in [4.69, 9.17) is 13.6 Å². The molecule has 2 unspecified atom stereocenters. The van der Waals surface area contributed by atoms with Crippen molar-refractivity contribution in [1.82, 2.24) is 4.57 Å². The number of ether oxygens (including phenoxy) is 1. The molecule has 244 valence electrons. The maximum absolute atomic E-state index is 6.54. The zero-order valence-electron chi connectivity index (χ0n) is 27.9. The van der Waals surface area contributed by atoms with Crippen LogP contribution in [0.2, 0.25) is 0 Å². The molecule has 0 saturated carbocycles. The van der Waals surface area contributed by atoms with Gasteiger partial charge < -0.3 is 18.1 Å². The van der Waals surface area contributed by atoms with E-state index in [1.165, 1.54) is 38.5 Å². The average molecular weight is 668 g/mol. The van der Waals surface area contributed by atoms with Gasteiger partial charge in [-0.1, -0.05) is 91.0 Å². The summed E-state index contributed by atoms with van der Waals surface area (Å²) in [5.74, 6) is 1.01. The summed E-state index contributed by atoms with van der Waals surface area (Å²) in [6.07, 6.45) is 4.40. The lowest BCUT2D eigenvalue weighted by Gasteiger charge is -2.14. The molecular formula is C48H29NO3. The number of hydrogen-bond acceptors (Lipinski definition) is 3. The largest absolute Gasteiger partial charge is 0.485 e. The van der Waals surface area contributed by atoms with Crippen LogP contribution in [0.4, 0.5) is 0 Å². The Kier molecular flexibility index (Phi) is 5.58. The summed E-state index contributed by atoms with van der Waals surface area (Å²) >= 11 is 0. The third-order valence-corrected chi connectivity index (χ3v) is 11.1. The van der Waals surface area contributed by atoms with E-state index in [1.54, 1.807) is 0 Å². The zero-order valence-corrected chi connectivity index (χ0v) is 27.9. The third kappa shape index (κ3) is 3.97. The van der Waals surface area contributed by atoms with Crippen molar-refractivity contribution >= 4 is 66.9 Å². The van der Waals surface area contributed by atoms with Gasteiger partial charge in [-0.25, -0.2) is 0 Å². The summed E-state index contributed by atoms with van der Waals surface area (Å²) in [5, 5.41) is 6.98. The van der Waals surface area contributed by atoms with Crippen molar-refractivity contribution < 1.29 is 13.6 Å². The van der Waals surface area contributed by atoms with Crippen molar-refractivity contribution in [2.24, 2.45) is 0 Å². The Morgan fingerprint density at radius 2 is 1.04 bits per heavy atom. The first kappa shape index (κ1) is 28.0. The van der Waals surface area contributed by atoms with Crippen LogP contribution in [0.1, 0.15) is 11.5 Å². The maximum atomic E-state index is 6.54. The van der Waals surface area contributed by atoms with Crippen LogP contribution in [0.5, 0.6) is 5.75 Å². The SMILES string of the molecule is C1=c2oc3ccc(-c4ccc5oc6ccc(-c7ccccc7)cc6c5c4)cc3c2=CC2c3cc(-n4c5ccccc5c5ccccc54)ccc3OC12. The van der Waals surface area contributed by atoms with E-state index in [2.05, 4.69) is 162 Å². The molecule has 7 aromatic carbocycles. The van der Waals surface area contributed by atoms with Crippen LogP contribution in [-0.2, 0) is 0 Å². The minimum absolute atomic E-state index is 0.0763. The molecule has 1 aliphatic carbocycles. The highest BCUT2D eigenvalue weighted by Crippen LogP contribution is 2.43. The molecule has 0 radical (unpaired) electrons. The van der Waals surface area contributed by atoms with Gasteiger partial charge in [0, 0.05) is 55.4 Å². The van der Waals surface area contributed by atoms with Gasteiger partial charge in [0.25, 0.3) is 0 Å². The number of nitrogens with zero attached hydrogens (tertiary/aromatic N) is 1. The van der Waals surface area contributed by atoms with Crippen molar-refractivity contribution in [2.45, 2.75) is 12.0 Å². The van der Waals surface area contributed by atoms with Crippen LogP contribution in [0.3, 0.4) is 0 Å². The molecule has 0 bridgehead atoms. The Balaban J connectivity index is 0.971. The van der Waals surface area contributed by atoms with Gasteiger partial charge >= 0.3 is 0 Å². The molecule has 2 aliphatic rings. The Bertz CT molecular complexity index is 3180. The van der Waals surface area contributed by atoms with E-state index in [0.29, 0.717) is 0 Å². The van der Waals surface area contributed by atoms with E-state index >= 15 is 0 Å². The van der Waals surface area contributed by atoms with Crippen LogP contribution >= 0.6 is 0 Å². The highest BCUT2D eigenvalue weighted by atomic mass is 16.5. The van der Waals surface area contributed by atoms with E-state index in [-0.39, 0.29) is 12.0 Å². The lowest BCUT2D eigenvalue weighted by Crippen LogP contribution is -2.32. The van der Waals surface area contributed by atoms with E-state index in [1.807, 2.05) is 6.07 Å². The Labute approximate surface area is 297 Å². The van der Waals surface area contributed by atoms with E-state index < -0.39 is 0 Å². The van der Waals surface area contributed by atoms with Crippen LogP contribution in [0.15, 0.2) is 160 Å². The van der Waals surface area contributed by atoms with Crippen LogP contribution in [0.25, 0.3) is 94.8 Å². The van der Waals surface area contributed by atoms with Gasteiger partial charge in [-0.2, -0.15) is 0 Å². The van der Waals surface area contributed by atoms with Crippen molar-refractivity contribution in [2.75, 3.05) is 0 Å². The number of furan rings is 2. The Morgan fingerprint density at radius 1 is 0.442 bits per heavy atom. The summed E-state index contributed by atoms with van der Waals surface area (Å²) in [6.45, 7) is 0. The van der Waals surface area contributed by atoms with Crippen molar-refractivity contribution in [1.29, 1.82) is 0 Å². The Morgan fingerprint density at radius 3 is 1.73 bits per heavy atom. The lowest BCUT2D eigenvalue weighted by molar-refractivity contribution is 0.286. The first-order chi connectivity index (χ1) is 25.7. The first-order valence-electron chi connectivity index (χ1n) is 17.8. The summed E-state index contributed by atoms with van der Waals surface area (Å²) in [7, 11) is 0. The predicted molar refractivity (Wildman–Crippen MR) is 210 cm³/mol. The number of rotatable bonds is 3. The smallest absolute Gasteiger partial charge is 0.135 e. The summed E-state index contributed by atoms with van der Waals surface area (Å²) < 4.78 is 21.6. The predicted octanol–water partition coefficient (Wildman–Crippen LogP) is 10.9. The number of aromatic nitrogens is 1. The molecular weight excluding hydrogens is 639 g/mol. The third-order valence-electron chi connectivity index (χ3n) is 11.1. The standard InChI is InChI=1S/C48H29NO3/c1-2-8-28(9-3-1)29-14-18-43-35(22-29)36-23-30(15-19-44(36)50-43)31-16-20-45-37(24-31)39-26-40-38-25-32(17-21-46(38)52-48(40)27-47(39)51-45)49-41-12-6-4-10-33(41)34-11-5-7-13-42(34)49/h1-27,40,48H. The molecule has 52 heavy (non-hydrogen) atoms. The van der Waals surface area contributed by atoms with Gasteiger partial charge in [-0.15, -0.1) is 0 Å². The topological polar surface area (TPSA) is 40.4 Å². The molecule has 4 heterocycles. The summed E-state index contributed by atoms with van der Waals surface area (Å²) in [4.78, 5) is 0. The van der Waals surface area contributed by atoms with Crippen LogP contribution < -0.4 is 15.4 Å². The fraction of sp³-hybridized carbons (Fsp3) is 0.0417. The fourth-order valence-corrected chi connectivity index (χ4v) is 8.67. The van der Waals surface area contributed by atoms with Crippen molar-refractivity contribution in [3.63, 3.8) is 0 Å². The van der Waals surface area contributed by atoms with Gasteiger partial charge in [0.15, 0.2) is 0 Å². The zero-order chi connectivity index (χ0) is 33.9. The molecule has 3 aromatic heterocycles. The summed E-state index contributed by atoms with van der Waals surface area (Å²) in [6, 6.07) is 53.9. The first-order valence-corrected chi connectivity index (χ1v) is 17.8. The van der Waals surface area contributed by atoms with Gasteiger partial charge in [0.1, 0.15) is 34.0 Å².